The highest BCUT2D eigenvalue weighted by Crippen LogP contribution is 2.04. The van der Waals surface area contributed by atoms with Crippen LogP contribution in [-0.2, 0) is 0 Å². The molecule has 0 spiro atoms. The van der Waals surface area contributed by atoms with Gasteiger partial charge in [0.15, 0.2) is 0 Å². The lowest BCUT2D eigenvalue weighted by Gasteiger charge is -2.21. The predicted octanol–water partition coefficient (Wildman–Crippen LogP) is 1.86. The van der Waals surface area contributed by atoms with E-state index in [0.29, 0.717) is 0 Å². The number of hydrogen-bond acceptors (Lipinski definition) is 2. The summed E-state index contributed by atoms with van der Waals surface area (Å²) < 4.78 is 0. The van der Waals surface area contributed by atoms with Crippen molar-refractivity contribution in [2.45, 2.75) is 45.6 Å². The second-order valence-corrected chi connectivity index (χ2v) is 4.11. The van der Waals surface area contributed by atoms with Crippen LogP contribution in [0.15, 0.2) is 0 Å². The first-order valence-corrected chi connectivity index (χ1v) is 5.82. The highest BCUT2D eigenvalue weighted by atomic mass is 15.2. The summed E-state index contributed by atoms with van der Waals surface area (Å²) in [5.74, 6) is 0. The summed E-state index contributed by atoms with van der Waals surface area (Å²) in [4.78, 5) is 2.62. The van der Waals surface area contributed by atoms with Crippen molar-refractivity contribution in [2.24, 2.45) is 0 Å². The van der Waals surface area contributed by atoms with Gasteiger partial charge in [-0.25, -0.2) is 0 Å². The van der Waals surface area contributed by atoms with Crippen LogP contribution in [0.3, 0.4) is 0 Å². The molecule has 0 aliphatic carbocycles. The van der Waals surface area contributed by atoms with E-state index in [-0.39, 0.29) is 0 Å². The molecule has 0 radical (unpaired) electrons. The van der Waals surface area contributed by atoms with Gasteiger partial charge in [-0.15, -0.1) is 0 Å². The van der Waals surface area contributed by atoms with Crippen LogP contribution in [0, 0.1) is 0 Å². The fraction of sp³-hybridized carbons (Fsp3) is 1.00. The van der Waals surface area contributed by atoms with Gasteiger partial charge in [-0.05, 0) is 25.9 Å². The molecule has 1 fully saturated rings. The third-order valence-electron chi connectivity index (χ3n) is 2.63. The van der Waals surface area contributed by atoms with Crippen LogP contribution in [0.4, 0.5) is 0 Å². The summed E-state index contributed by atoms with van der Waals surface area (Å²) in [5, 5.41) is 3.38. The van der Waals surface area contributed by atoms with Crippen molar-refractivity contribution >= 4 is 0 Å². The maximum atomic E-state index is 3.38. The molecule has 1 aliphatic heterocycles. The minimum atomic E-state index is 0.814. The van der Waals surface area contributed by atoms with Crippen LogP contribution in [0.2, 0.25) is 0 Å². The maximum Gasteiger partial charge on any atom is 0.0320 e. The number of nitrogens with one attached hydrogen (secondary N) is 1. The van der Waals surface area contributed by atoms with E-state index in [0.717, 1.165) is 6.04 Å². The van der Waals surface area contributed by atoms with Crippen LogP contribution in [-0.4, -0.2) is 37.1 Å². The molecule has 2 nitrogen and oxygen atoms in total. The molecule has 1 heterocycles. The zero-order valence-electron chi connectivity index (χ0n) is 9.18. The highest BCUT2D eigenvalue weighted by molar-refractivity contribution is 4.86. The number of rotatable bonds is 8. The SMILES string of the molecule is CCCCN(CCCC)CC1CN1. The minimum absolute atomic E-state index is 0.814. The normalized spacial score (nSPS) is 21.0. The van der Waals surface area contributed by atoms with Crippen molar-refractivity contribution < 1.29 is 0 Å². The van der Waals surface area contributed by atoms with E-state index in [4.69, 9.17) is 0 Å². The molecule has 1 rings (SSSR count). The molecule has 0 aromatic heterocycles. The molecule has 78 valence electrons. The van der Waals surface area contributed by atoms with Crippen molar-refractivity contribution in [3.8, 4) is 0 Å². The van der Waals surface area contributed by atoms with Crippen molar-refractivity contribution in [3.05, 3.63) is 0 Å². The molecule has 1 N–H and O–H groups in total. The van der Waals surface area contributed by atoms with E-state index in [1.54, 1.807) is 0 Å². The Morgan fingerprint density at radius 3 is 2.08 bits per heavy atom. The molecule has 0 aromatic carbocycles. The highest BCUT2D eigenvalue weighted by Gasteiger charge is 2.22. The van der Waals surface area contributed by atoms with E-state index in [1.807, 2.05) is 0 Å². The second kappa shape index (κ2) is 6.39. The topological polar surface area (TPSA) is 25.2 Å². The third kappa shape index (κ3) is 5.27. The summed E-state index contributed by atoms with van der Waals surface area (Å²) in [5.41, 5.74) is 0. The molecule has 1 unspecified atom stereocenters. The number of unbranched alkanes of at least 4 members (excludes halogenated alkanes) is 2. The molecule has 0 aromatic rings. The van der Waals surface area contributed by atoms with Crippen LogP contribution in [0.5, 0.6) is 0 Å². The Labute approximate surface area is 82.7 Å². The first kappa shape index (κ1) is 11.0. The van der Waals surface area contributed by atoms with Gasteiger partial charge in [0.05, 0.1) is 0 Å². The molecular weight excluding hydrogens is 160 g/mol. The van der Waals surface area contributed by atoms with Crippen LogP contribution in [0.1, 0.15) is 39.5 Å². The van der Waals surface area contributed by atoms with Crippen molar-refractivity contribution in [2.75, 3.05) is 26.2 Å². The molecule has 13 heavy (non-hydrogen) atoms. The number of hydrogen-bond donors (Lipinski definition) is 1. The van der Waals surface area contributed by atoms with Gasteiger partial charge >= 0.3 is 0 Å². The Morgan fingerprint density at radius 2 is 1.69 bits per heavy atom. The minimum Gasteiger partial charge on any atom is -0.310 e. The van der Waals surface area contributed by atoms with E-state index >= 15 is 0 Å². The molecule has 0 saturated carbocycles. The first-order valence-electron chi connectivity index (χ1n) is 5.82. The lowest BCUT2D eigenvalue weighted by molar-refractivity contribution is 0.267. The third-order valence-corrected chi connectivity index (χ3v) is 2.63. The van der Waals surface area contributed by atoms with Gasteiger partial charge < -0.3 is 10.2 Å². The van der Waals surface area contributed by atoms with E-state index in [1.165, 1.54) is 51.9 Å². The second-order valence-electron chi connectivity index (χ2n) is 4.11. The van der Waals surface area contributed by atoms with Crippen LogP contribution >= 0.6 is 0 Å². The Balaban J connectivity index is 2.08. The summed E-state index contributed by atoms with van der Waals surface area (Å²) in [7, 11) is 0. The fourth-order valence-corrected chi connectivity index (χ4v) is 1.58. The molecule has 0 bridgehead atoms. The summed E-state index contributed by atoms with van der Waals surface area (Å²) in [6, 6.07) is 0.814. The van der Waals surface area contributed by atoms with Crippen molar-refractivity contribution in [1.29, 1.82) is 0 Å². The molecule has 1 aliphatic rings. The van der Waals surface area contributed by atoms with Gasteiger partial charge in [0, 0.05) is 19.1 Å². The summed E-state index contributed by atoms with van der Waals surface area (Å²) >= 11 is 0. The Bertz CT molecular complexity index is 113. The van der Waals surface area contributed by atoms with Gasteiger partial charge in [0.1, 0.15) is 0 Å². The predicted molar refractivity (Wildman–Crippen MR) is 58.0 cm³/mol. The molecule has 1 saturated heterocycles. The van der Waals surface area contributed by atoms with Crippen LogP contribution in [0.25, 0.3) is 0 Å². The smallest absolute Gasteiger partial charge is 0.0320 e. The first-order chi connectivity index (χ1) is 6.36. The Morgan fingerprint density at radius 1 is 1.15 bits per heavy atom. The van der Waals surface area contributed by atoms with Gasteiger partial charge in [0.2, 0.25) is 0 Å². The standard InChI is InChI=1S/C11H24N2/c1-3-5-7-13(8-6-4-2)10-11-9-12-11/h11-12H,3-10H2,1-2H3. The van der Waals surface area contributed by atoms with Crippen molar-refractivity contribution in [3.63, 3.8) is 0 Å². The number of nitrogens with zero attached hydrogens (tertiary/aromatic N) is 1. The van der Waals surface area contributed by atoms with Gasteiger partial charge in [-0.3, -0.25) is 0 Å². The van der Waals surface area contributed by atoms with E-state index < -0.39 is 0 Å². The summed E-state index contributed by atoms with van der Waals surface area (Å²) in [6.45, 7) is 9.67. The molecule has 0 amide bonds. The van der Waals surface area contributed by atoms with Gasteiger partial charge in [-0.2, -0.15) is 0 Å². The average Bonchev–Trinajstić information content (AvgIpc) is 2.93. The molecule has 1 atom stereocenters. The molecule has 2 heteroatoms. The monoisotopic (exact) mass is 184 g/mol. The largest absolute Gasteiger partial charge is 0.310 e. The fourth-order valence-electron chi connectivity index (χ4n) is 1.58. The maximum absolute atomic E-state index is 3.38. The van der Waals surface area contributed by atoms with Crippen LogP contribution < -0.4 is 5.32 Å². The lowest BCUT2D eigenvalue weighted by atomic mass is 10.2. The summed E-state index contributed by atoms with van der Waals surface area (Å²) in [6.07, 6.45) is 5.36. The Kier molecular flexibility index (Phi) is 5.40. The zero-order valence-corrected chi connectivity index (χ0v) is 9.18. The Hall–Kier alpha value is -0.0800. The molecular formula is C11H24N2. The van der Waals surface area contributed by atoms with E-state index in [2.05, 4.69) is 24.1 Å². The quantitative estimate of drug-likeness (QED) is 0.583. The van der Waals surface area contributed by atoms with E-state index in [9.17, 15) is 0 Å². The average molecular weight is 184 g/mol. The lowest BCUT2D eigenvalue weighted by Crippen LogP contribution is -2.30. The van der Waals surface area contributed by atoms with Crippen molar-refractivity contribution in [1.82, 2.24) is 10.2 Å². The van der Waals surface area contributed by atoms with Gasteiger partial charge in [0.25, 0.3) is 0 Å². The zero-order chi connectivity index (χ0) is 9.52. The van der Waals surface area contributed by atoms with Gasteiger partial charge in [-0.1, -0.05) is 26.7 Å².